The van der Waals surface area contributed by atoms with Crippen LogP contribution in [0.2, 0.25) is 0 Å². The van der Waals surface area contributed by atoms with E-state index in [4.69, 9.17) is 4.74 Å². The first-order valence-corrected chi connectivity index (χ1v) is 9.23. The normalized spacial score (nSPS) is 13.7. The Morgan fingerprint density at radius 3 is 2.62 bits per heavy atom. The first-order chi connectivity index (χ1) is 14.0. The largest absolute Gasteiger partial charge is 0.496 e. The third kappa shape index (κ3) is 3.75. The molecule has 0 fully saturated rings. The van der Waals surface area contributed by atoms with Gasteiger partial charge in [-0.3, -0.25) is 9.59 Å². The van der Waals surface area contributed by atoms with E-state index >= 15 is 0 Å². The molecule has 144 valence electrons. The average molecular weight is 384 g/mol. The van der Waals surface area contributed by atoms with Crippen LogP contribution in [0.1, 0.15) is 18.1 Å². The van der Waals surface area contributed by atoms with Crippen LogP contribution in [-0.4, -0.2) is 18.9 Å². The van der Waals surface area contributed by atoms with Crippen LogP contribution in [0.3, 0.4) is 0 Å². The monoisotopic (exact) mass is 384 g/mol. The lowest BCUT2D eigenvalue weighted by molar-refractivity contribution is -0.114. The molecule has 2 amide bonds. The summed E-state index contributed by atoms with van der Waals surface area (Å²) in [5.41, 5.74) is 5.72. The summed E-state index contributed by atoms with van der Waals surface area (Å²) in [6, 6.07) is 21.0. The lowest BCUT2D eigenvalue weighted by atomic mass is 9.98. The van der Waals surface area contributed by atoms with E-state index in [0.717, 1.165) is 27.9 Å². The molecule has 1 aliphatic rings. The van der Waals surface area contributed by atoms with Crippen molar-refractivity contribution in [2.45, 2.75) is 6.92 Å². The molecule has 3 aromatic rings. The van der Waals surface area contributed by atoms with Crippen LogP contribution in [0.15, 0.2) is 66.7 Å². The summed E-state index contributed by atoms with van der Waals surface area (Å²) in [6.45, 7) is 1.48. The number of hydrogen-bond acceptors (Lipinski definition) is 3. The van der Waals surface area contributed by atoms with Crippen LogP contribution in [-0.2, 0) is 9.59 Å². The highest BCUT2D eigenvalue weighted by Gasteiger charge is 2.23. The van der Waals surface area contributed by atoms with Crippen LogP contribution in [0.25, 0.3) is 22.8 Å². The average Bonchev–Trinajstić information content (AvgIpc) is 3.03. The van der Waals surface area contributed by atoms with Crippen LogP contribution < -0.4 is 15.4 Å². The smallest absolute Gasteiger partial charge is 0.256 e. The molecule has 0 atom stereocenters. The van der Waals surface area contributed by atoms with E-state index in [2.05, 4.69) is 10.6 Å². The highest BCUT2D eigenvalue weighted by Crippen LogP contribution is 2.36. The number of amides is 2. The Hall–Kier alpha value is -3.86. The van der Waals surface area contributed by atoms with Crippen LogP contribution in [0, 0.1) is 0 Å². The van der Waals surface area contributed by atoms with E-state index in [9.17, 15) is 9.59 Å². The van der Waals surface area contributed by atoms with Gasteiger partial charge in [-0.15, -0.1) is 0 Å². The summed E-state index contributed by atoms with van der Waals surface area (Å²) in [4.78, 5) is 23.8. The van der Waals surface area contributed by atoms with Crippen molar-refractivity contribution in [2.24, 2.45) is 0 Å². The molecular formula is C24H20N2O3. The van der Waals surface area contributed by atoms with Gasteiger partial charge in [-0.05, 0) is 47.5 Å². The zero-order chi connectivity index (χ0) is 20.4. The summed E-state index contributed by atoms with van der Waals surface area (Å²) in [5.74, 6) is 0.470. The Balaban J connectivity index is 1.77. The number of ether oxygens (including phenoxy) is 1. The molecular weight excluding hydrogens is 364 g/mol. The minimum Gasteiger partial charge on any atom is -0.496 e. The van der Waals surface area contributed by atoms with Gasteiger partial charge in [0.1, 0.15) is 5.75 Å². The Morgan fingerprint density at radius 1 is 1.00 bits per heavy atom. The van der Waals surface area contributed by atoms with Crippen molar-refractivity contribution in [2.75, 3.05) is 17.7 Å². The van der Waals surface area contributed by atoms with E-state index < -0.39 is 0 Å². The van der Waals surface area contributed by atoms with Gasteiger partial charge in [0.05, 0.1) is 7.11 Å². The van der Waals surface area contributed by atoms with Crippen LogP contribution in [0.5, 0.6) is 5.75 Å². The predicted octanol–water partition coefficient (Wildman–Crippen LogP) is 4.81. The number of hydrogen-bond donors (Lipinski definition) is 2. The van der Waals surface area contributed by atoms with Gasteiger partial charge in [-0.1, -0.05) is 36.4 Å². The third-order valence-corrected chi connectivity index (χ3v) is 4.74. The molecule has 0 saturated heterocycles. The number of carbonyl (C=O) groups excluding carboxylic acids is 2. The van der Waals surface area contributed by atoms with Crippen LogP contribution in [0.4, 0.5) is 11.4 Å². The number of fused-ring (bicyclic) bond motifs is 1. The standard InChI is InChI=1S/C24H20N2O3/c1-15(27)25-18-7-5-6-17(14-18)20-12-16(10-11-23(20)29-2)13-21-19-8-3-4-9-22(19)26-24(21)28/h3-14H,1-2H3,(H,25,27)(H,26,28). The van der Waals surface area contributed by atoms with Gasteiger partial charge in [-0.25, -0.2) is 0 Å². The highest BCUT2D eigenvalue weighted by molar-refractivity contribution is 6.34. The third-order valence-electron chi connectivity index (χ3n) is 4.74. The molecule has 0 unspecified atom stereocenters. The summed E-state index contributed by atoms with van der Waals surface area (Å²) in [6.07, 6.45) is 1.88. The molecule has 5 nitrogen and oxygen atoms in total. The summed E-state index contributed by atoms with van der Waals surface area (Å²) >= 11 is 0. The molecule has 29 heavy (non-hydrogen) atoms. The zero-order valence-corrected chi connectivity index (χ0v) is 16.2. The maximum absolute atomic E-state index is 12.4. The molecule has 0 bridgehead atoms. The molecule has 0 radical (unpaired) electrons. The van der Waals surface area contributed by atoms with Gasteiger partial charge < -0.3 is 15.4 Å². The zero-order valence-electron chi connectivity index (χ0n) is 16.2. The fraction of sp³-hybridized carbons (Fsp3) is 0.0833. The lowest BCUT2D eigenvalue weighted by Gasteiger charge is -2.12. The Kier molecular flexibility index (Phi) is 4.87. The van der Waals surface area contributed by atoms with Gasteiger partial charge in [0.15, 0.2) is 0 Å². The maximum Gasteiger partial charge on any atom is 0.256 e. The van der Waals surface area contributed by atoms with Gasteiger partial charge in [0, 0.05) is 35.0 Å². The number of nitrogens with one attached hydrogen (secondary N) is 2. The van der Waals surface area contributed by atoms with E-state index in [1.165, 1.54) is 6.92 Å². The minimum atomic E-state index is -0.126. The topological polar surface area (TPSA) is 67.4 Å². The van der Waals surface area contributed by atoms with Crippen LogP contribution >= 0.6 is 0 Å². The second-order valence-corrected chi connectivity index (χ2v) is 6.78. The molecule has 2 N–H and O–H groups in total. The van der Waals surface area contributed by atoms with Gasteiger partial charge in [0.25, 0.3) is 5.91 Å². The van der Waals surface area contributed by atoms with E-state index in [-0.39, 0.29) is 11.8 Å². The molecule has 5 heteroatoms. The second-order valence-electron chi connectivity index (χ2n) is 6.78. The van der Waals surface area contributed by atoms with Gasteiger partial charge in [-0.2, -0.15) is 0 Å². The predicted molar refractivity (Wildman–Crippen MR) is 116 cm³/mol. The van der Waals surface area contributed by atoms with Crippen molar-refractivity contribution >= 4 is 34.8 Å². The summed E-state index contributed by atoms with van der Waals surface area (Å²) < 4.78 is 5.54. The van der Waals surface area contributed by atoms with Crippen molar-refractivity contribution in [1.82, 2.24) is 0 Å². The first-order valence-electron chi connectivity index (χ1n) is 9.23. The van der Waals surface area contributed by atoms with Gasteiger partial charge >= 0.3 is 0 Å². The molecule has 0 aliphatic carbocycles. The van der Waals surface area contributed by atoms with Crippen molar-refractivity contribution in [3.8, 4) is 16.9 Å². The second kappa shape index (κ2) is 7.64. The van der Waals surface area contributed by atoms with Crippen molar-refractivity contribution in [3.05, 3.63) is 77.9 Å². The molecule has 0 spiro atoms. The highest BCUT2D eigenvalue weighted by atomic mass is 16.5. The molecule has 0 saturated carbocycles. The Labute approximate surface area is 169 Å². The molecule has 1 heterocycles. The number of benzene rings is 3. The molecule has 3 aromatic carbocycles. The fourth-order valence-electron chi connectivity index (χ4n) is 3.46. The Bertz CT molecular complexity index is 1150. The number of carbonyl (C=O) groups is 2. The van der Waals surface area contributed by atoms with E-state index in [1.807, 2.05) is 72.8 Å². The fourth-order valence-corrected chi connectivity index (χ4v) is 3.46. The number of para-hydroxylation sites is 1. The van der Waals surface area contributed by atoms with Crippen molar-refractivity contribution < 1.29 is 14.3 Å². The molecule has 1 aliphatic heterocycles. The first kappa shape index (κ1) is 18.5. The summed E-state index contributed by atoms with van der Waals surface area (Å²) in [5, 5.41) is 5.69. The molecule has 4 rings (SSSR count). The number of rotatable bonds is 4. The summed E-state index contributed by atoms with van der Waals surface area (Å²) in [7, 11) is 1.62. The van der Waals surface area contributed by atoms with E-state index in [1.54, 1.807) is 7.11 Å². The van der Waals surface area contributed by atoms with Gasteiger partial charge in [0.2, 0.25) is 5.91 Å². The van der Waals surface area contributed by atoms with Crippen molar-refractivity contribution in [3.63, 3.8) is 0 Å². The number of anilines is 2. The SMILES string of the molecule is COc1ccc(C=C2C(=O)Nc3ccccc32)cc1-c1cccc(NC(C)=O)c1. The minimum absolute atomic E-state index is 0.115. The maximum atomic E-state index is 12.4. The number of methoxy groups -OCH3 is 1. The molecule has 0 aromatic heterocycles. The quantitative estimate of drug-likeness (QED) is 0.634. The van der Waals surface area contributed by atoms with Crippen molar-refractivity contribution in [1.29, 1.82) is 0 Å². The Morgan fingerprint density at radius 2 is 1.83 bits per heavy atom. The van der Waals surface area contributed by atoms with E-state index in [0.29, 0.717) is 17.0 Å². The lowest BCUT2D eigenvalue weighted by Crippen LogP contribution is -2.05.